The largest absolute Gasteiger partial charge is 0.504 e. The first-order valence-corrected chi connectivity index (χ1v) is 8.60. The van der Waals surface area contributed by atoms with Gasteiger partial charge in [0.05, 0.1) is 17.2 Å². The number of amides is 1. The minimum Gasteiger partial charge on any atom is -0.504 e. The number of para-hydroxylation sites is 1. The zero-order valence-corrected chi connectivity index (χ0v) is 14.4. The van der Waals surface area contributed by atoms with Crippen LogP contribution >= 0.6 is 0 Å². The summed E-state index contributed by atoms with van der Waals surface area (Å²) in [5.74, 6) is -0.914. The van der Waals surface area contributed by atoms with Gasteiger partial charge in [-0.05, 0) is 36.2 Å². The molecule has 1 saturated heterocycles. The summed E-state index contributed by atoms with van der Waals surface area (Å²) in [5, 5.41) is 28.4. The van der Waals surface area contributed by atoms with Gasteiger partial charge in [-0.2, -0.15) is 5.26 Å². The molecule has 0 aliphatic carbocycles. The molecule has 0 radical (unpaired) electrons. The highest BCUT2D eigenvalue weighted by Gasteiger charge is 2.23. The Morgan fingerprint density at radius 1 is 1.04 bits per heavy atom. The van der Waals surface area contributed by atoms with E-state index >= 15 is 0 Å². The Kier molecular flexibility index (Phi) is 5.40. The Morgan fingerprint density at radius 3 is 2.54 bits per heavy atom. The van der Waals surface area contributed by atoms with Gasteiger partial charge < -0.3 is 15.1 Å². The fraction of sp³-hybridized carbons (Fsp3) is 0.300. The number of phenolic OH excluding ortho intramolecular Hbond substituents is 2. The van der Waals surface area contributed by atoms with Crippen molar-refractivity contribution in [3.8, 4) is 17.6 Å². The highest BCUT2D eigenvalue weighted by Crippen LogP contribution is 2.29. The van der Waals surface area contributed by atoms with Crippen LogP contribution in [0.25, 0.3) is 0 Å². The molecule has 2 N–H and O–H groups in total. The Morgan fingerprint density at radius 2 is 1.81 bits per heavy atom. The summed E-state index contributed by atoms with van der Waals surface area (Å²) in [5.41, 5.74) is 1.91. The van der Waals surface area contributed by atoms with Crippen molar-refractivity contribution >= 4 is 5.91 Å². The summed E-state index contributed by atoms with van der Waals surface area (Å²) in [6, 6.07) is 14.1. The maximum Gasteiger partial charge on any atom is 0.257 e. The molecule has 0 saturated carbocycles. The summed E-state index contributed by atoms with van der Waals surface area (Å²) in [7, 11) is 0. The fourth-order valence-electron chi connectivity index (χ4n) is 3.15. The summed E-state index contributed by atoms with van der Waals surface area (Å²) >= 11 is 0. The number of nitriles is 1. The first-order valence-electron chi connectivity index (χ1n) is 8.60. The van der Waals surface area contributed by atoms with Gasteiger partial charge in [0.15, 0.2) is 11.5 Å². The van der Waals surface area contributed by atoms with Gasteiger partial charge in [0.2, 0.25) is 0 Å². The van der Waals surface area contributed by atoms with E-state index in [1.54, 1.807) is 11.0 Å². The molecule has 0 aromatic heterocycles. The highest BCUT2D eigenvalue weighted by molar-refractivity contribution is 5.97. The Hall–Kier alpha value is -3.04. The van der Waals surface area contributed by atoms with Gasteiger partial charge in [-0.3, -0.25) is 9.69 Å². The standard InChI is InChI=1S/C20H21N3O3/c21-13-15-5-7-16(8-6-15)14-22-9-2-10-23(12-11-22)20(26)17-3-1-4-18(24)19(17)25/h1,3-8,24-25H,2,9-12,14H2. The van der Waals surface area contributed by atoms with Crippen molar-refractivity contribution in [1.82, 2.24) is 9.80 Å². The molecule has 6 nitrogen and oxygen atoms in total. The molecule has 1 aliphatic heterocycles. The predicted molar refractivity (Wildman–Crippen MR) is 96.7 cm³/mol. The van der Waals surface area contributed by atoms with E-state index in [1.165, 1.54) is 12.1 Å². The average molecular weight is 351 g/mol. The van der Waals surface area contributed by atoms with Crippen LogP contribution in [0, 0.1) is 11.3 Å². The van der Waals surface area contributed by atoms with Gasteiger partial charge in [0.25, 0.3) is 5.91 Å². The van der Waals surface area contributed by atoms with E-state index in [9.17, 15) is 15.0 Å². The summed E-state index contributed by atoms with van der Waals surface area (Å²) in [4.78, 5) is 16.7. The molecule has 2 aromatic carbocycles. The van der Waals surface area contributed by atoms with E-state index in [2.05, 4.69) is 11.0 Å². The second-order valence-corrected chi connectivity index (χ2v) is 6.40. The smallest absolute Gasteiger partial charge is 0.257 e. The minimum absolute atomic E-state index is 0.130. The predicted octanol–water partition coefficient (Wildman–Crippen LogP) is 2.32. The van der Waals surface area contributed by atoms with Crippen LogP contribution in [0.4, 0.5) is 0 Å². The third-order valence-corrected chi connectivity index (χ3v) is 4.61. The summed E-state index contributed by atoms with van der Waals surface area (Å²) < 4.78 is 0. The first kappa shape index (κ1) is 17.8. The fourth-order valence-corrected chi connectivity index (χ4v) is 3.15. The van der Waals surface area contributed by atoms with E-state index in [0.29, 0.717) is 18.7 Å². The lowest BCUT2D eigenvalue weighted by Gasteiger charge is -2.22. The van der Waals surface area contributed by atoms with Gasteiger partial charge in [-0.25, -0.2) is 0 Å². The number of hydrogen-bond donors (Lipinski definition) is 2. The normalized spacial score (nSPS) is 15.3. The molecule has 1 heterocycles. The monoisotopic (exact) mass is 351 g/mol. The zero-order valence-electron chi connectivity index (χ0n) is 14.4. The lowest BCUT2D eigenvalue weighted by molar-refractivity contribution is 0.0757. The number of carbonyl (C=O) groups is 1. The summed E-state index contributed by atoms with van der Waals surface area (Å²) in [6.45, 7) is 3.54. The second kappa shape index (κ2) is 7.89. The topological polar surface area (TPSA) is 87.8 Å². The number of carbonyl (C=O) groups excluding carboxylic acids is 1. The Balaban J connectivity index is 1.63. The van der Waals surface area contributed by atoms with Gasteiger partial charge in [0, 0.05) is 32.7 Å². The van der Waals surface area contributed by atoms with Crippen LogP contribution < -0.4 is 0 Å². The SMILES string of the molecule is N#Cc1ccc(CN2CCCN(C(=O)c3cccc(O)c3O)CC2)cc1. The van der Waals surface area contributed by atoms with Gasteiger partial charge in [-0.1, -0.05) is 18.2 Å². The number of phenols is 2. The number of benzene rings is 2. The van der Waals surface area contributed by atoms with Crippen molar-refractivity contribution in [2.24, 2.45) is 0 Å². The van der Waals surface area contributed by atoms with Crippen LogP contribution in [-0.2, 0) is 6.54 Å². The molecule has 0 spiro atoms. The van der Waals surface area contributed by atoms with Crippen LogP contribution in [0.5, 0.6) is 11.5 Å². The van der Waals surface area contributed by atoms with E-state index in [4.69, 9.17) is 5.26 Å². The van der Waals surface area contributed by atoms with Crippen molar-refractivity contribution < 1.29 is 15.0 Å². The van der Waals surface area contributed by atoms with Crippen molar-refractivity contribution in [2.75, 3.05) is 26.2 Å². The molecule has 1 amide bonds. The molecule has 0 atom stereocenters. The zero-order chi connectivity index (χ0) is 18.5. The van der Waals surface area contributed by atoms with Crippen molar-refractivity contribution in [3.63, 3.8) is 0 Å². The lowest BCUT2D eigenvalue weighted by Crippen LogP contribution is -2.35. The quantitative estimate of drug-likeness (QED) is 0.829. The van der Waals surface area contributed by atoms with E-state index in [0.717, 1.165) is 31.6 Å². The molecule has 2 aromatic rings. The van der Waals surface area contributed by atoms with Crippen molar-refractivity contribution in [3.05, 3.63) is 59.2 Å². The minimum atomic E-state index is -0.365. The van der Waals surface area contributed by atoms with Gasteiger partial charge in [0.1, 0.15) is 0 Å². The maximum absolute atomic E-state index is 12.7. The van der Waals surface area contributed by atoms with Crippen molar-refractivity contribution in [1.29, 1.82) is 5.26 Å². The van der Waals surface area contributed by atoms with E-state index in [-0.39, 0.29) is 23.0 Å². The number of aromatic hydroxyl groups is 2. The van der Waals surface area contributed by atoms with Crippen LogP contribution in [0.1, 0.15) is 27.9 Å². The molecule has 26 heavy (non-hydrogen) atoms. The average Bonchev–Trinajstić information content (AvgIpc) is 2.90. The number of rotatable bonds is 3. The Labute approximate surface area is 152 Å². The van der Waals surface area contributed by atoms with E-state index in [1.807, 2.05) is 24.3 Å². The summed E-state index contributed by atoms with van der Waals surface area (Å²) in [6.07, 6.45) is 0.835. The van der Waals surface area contributed by atoms with Crippen LogP contribution in [0.3, 0.4) is 0 Å². The maximum atomic E-state index is 12.7. The molecular formula is C20H21N3O3. The molecular weight excluding hydrogens is 330 g/mol. The van der Waals surface area contributed by atoms with Gasteiger partial charge in [-0.15, -0.1) is 0 Å². The third kappa shape index (κ3) is 3.95. The number of hydrogen-bond acceptors (Lipinski definition) is 5. The molecule has 6 heteroatoms. The second-order valence-electron chi connectivity index (χ2n) is 6.40. The van der Waals surface area contributed by atoms with Crippen LogP contribution in [-0.4, -0.2) is 52.1 Å². The Bertz CT molecular complexity index is 827. The molecule has 1 aliphatic rings. The molecule has 0 bridgehead atoms. The molecule has 3 rings (SSSR count). The van der Waals surface area contributed by atoms with Gasteiger partial charge >= 0.3 is 0 Å². The van der Waals surface area contributed by atoms with Crippen molar-refractivity contribution in [2.45, 2.75) is 13.0 Å². The van der Waals surface area contributed by atoms with E-state index < -0.39 is 0 Å². The molecule has 1 fully saturated rings. The lowest BCUT2D eigenvalue weighted by atomic mass is 10.1. The number of nitrogens with zero attached hydrogens (tertiary/aromatic N) is 3. The first-order chi connectivity index (χ1) is 12.6. The molecule has 0 unspecified atom stereocenters. The highest BCUT2D eigenvalue weighted by atomic mass is 16.3. The van der Waals surface area contributed by atoms with Crippen LogP contribution in [0.15, 0.2) is 42.5 Å². The van der Waals surface area contributed by atoms with Crippen LogP contribution in [0.2, 0.25) is 0 Å². The third-order valence-electron chi connectivity index (χ3n) is 4.61. The molecule has 134 valence electrons.